The molecule has 0 fully saturated rings. The van der Waals surface area contributed by atoms with Crippen LogP contribution in [0.1, 0.15) is 21.0 Å². The minimum absolute atomic E-state index is 0.0151. The summed E-state index contributed by atoms with van der Waals surface area (Å²) < 4.78 is 6.08. The van der Waals surface area contributed by atoms with Crippen LogP contribution < -0.4 is 5.32 Å². The Balaban J connectivity index is 1.84. The molecule has 3 aromatic rings. The zero-order valence-corrected chi connectivity index (χ0v) is 14.4. The molecule has 0 saturated heterocycles. The molecule has 23 heavy (non-hydrogen) atoms. The Morgan fingerprint density at radius 1 is 1.22 bits per heavy atom. The van der Waals surface area contributed by atoms with Crippen molar-refractivity contribution < 1.29 is 14.3 Å². The van der Waals surface area contributed by atoms with Crippen molar-refractivity contribution in [3.63, 3.8) is 0 Å². The third-order valence-electron chi connectivity index (χ3n) is 3.48. The number of carbonyl (C=O) groups excluding carboxylic acids is 1. The number of benzene rings is 1. The molecule has 0 saturated carbocycles. The second-order valence-corrected chi connectivity index (χ2v) is 6.78. The van der Waals surface area contributed by atoms with Gasteiger partial charge < -0.3 is 14.8 Å². The number of hydrogen-bond donors (Lipinski definition) is 2. The summed E-state index contributed by atoms with van der Waals surface area (Å²) in [6.07, 6.45) is 1.50. The van der Waals surface area contributed by atoms with Gasteiger partial charge in [0, 0.05) is 9.35 Å². The first kappa shape index (κ1) is 16.0. The first-order valence-corrected chi connectivity index (χ1v) is 8.61. The minimum atomic E-state index is -1.39. The van der Waals surface area contributed by atoms with Gasteiger partial charge in [0.15, 0.2) is 5.60 Å². The van der Waals surface area contributed by atoms with Gasteiger partial charge >= 0.3 is 0 Å². The summed E-state index contributed by atoms with van der Waals surface area (Å²) in [5.74, 6) is 0.131. The molecule has 4 nitrogen and oxygen atoms in total. The Hall–Kier alpha value is -1.89. The summed E-state index contributed by atoms with van der Waals surface area (Å²) in [4.78, 5) is 13.1. The Morgan fingerprint density at radius 2 is 2.04 bits per heavy atom. The fraction of sp³-hybridized carbons (Fsp3) is 0.118. The average molecular weight is 392 g/mol. The van der Waals surface area contributed by atoms with Crippen LogP contribution in [-0.4, -0.2) is 17.6 Å². The molecule has 1 aromatic carbocycles. The van der Waals surface area contributed by atoms with Gasteiger partial charge in [0.25, 0.3) is 5.91 Å². The maximum atomic E-state index is 12.4. The van der Waals surface area contributed by atoms with Gasteiger partial charge in [0.05, 0.1) is 18.4 Å². The van der Waals surface area contributed by atoms with Crippen molar-refractivity contribution in [2.24, 2.45) is 0 Å². The maximum Gasteiger partial charge on any atom is 0.252 e. The monoisotopic (exact) mass is 391 g/mol. The Labute approximate surface area is 145 Å². The second-order valence-electron chi connectivity index (χ2n) is 4.98. The van der Waals surface area contributed by atoms with Crippen LogP contribution in [0.15, 0.2) is 69.1 Å². The molecule has 0 aliphatic heterocycles. The molecule has 0 aliphatic rings. The van der Waals surface area contributed by atoms with Gasteiger partial charge in [-0.05, 0) is 51.6 Å². The van der Waals surface area contributed by atoms with Crippen LogP contribution in [0.2, 0.25) is 0 Å². The zero-order valence-electron chi connectivity index (χ0n) is 12.0. The summed E-state index contributed by atoms with van der Waals surface area (Å²) >= 11 is 4.76. The molecule has 3 rings (SSSR count). The van der Waals surface area contributed by atoms with Crippen LogP contribution in [0.4, 0.5) is 0 Å². The molecule has 1 atom stereocenters. The van der Waals surface area contributed by atoms with Crippen molar-refractivity contribution in [2.45, 2.75) is 5.60 Å². The third-order valence-corrected chi connectivity index (χ3v) is 5.19. The predicted molar refractivity (Wildman–Crippen MR) is 92.5 cm³/mol. The van der Waals surface area contributed by atoms with E-state index in [4.69, 9.17) is 4.42 Å². The number of furan rings is 1. The van der Waals surface area contributed by atoms with E-state index in [1.54, 1.807) is 30.3 Å². The fourth-order valence-electron chi connectivity index (χ4n) is 2.27. The molecule has 0 spiro atoms. The normalized spacial score (nSPS) is 13.5. The number of nitrogens with one attached hydrogen (secondary N) is 1. The largest absolute Gasteiger partial charge is 0.466 e. The number of rotatable bonds is 5. The van der Waals surface area contributed by atoms with Gasteiger partial charge in [-0.15, -0.1) is 11.3 Å². The van der Waals surface area contributed by atoms with E-state index in [9.17, 15) is 9.90 Å². The lowest BCUT2D eigenvalue weighted by Gasteiger charge is -2.25. The SMILES string of the molecule is O=C(NCC(O)(c1ccco1)c1cccs1)c1ccccc1Br. The van der Waals surface area contributed by atoms with Gasteiger partial charge in [0.2, 0.25) is 0 Å². The number of aliphatic hydroxyl groups is 1. The molecule has 1 unspecified atom stereocenters. The highest BCUT2D eigenvalue weighted by atomic mass is 79.9. The highest BCUT2D eigenvalue weighted by molar-refractivity contribution is 9.10. The predicted octanol–water partition coefficient (Wildman–Crippen LogP) is 3.77. The van der Waals surface area contributed by atoms with Crippen LogP contribution in [0.25, 0.3) is 0 Å². The first-order valence-electron chi connectivity index (χ1n) is 6.94. The summed E-state index contributed by atoms with van der Waals surface area (Å²) in [5, 5.41) is 15.7. The number of amides is 1. The number of thiophene rings is 1. The van der Waals surface area contributed by atoms with Crippen LogP contribution in [0.3, 0.4) is 0 Å². The summed E-state index contributed by atoms with van der Waals surface area (Å²) in [6, 6.07) is 14.2. The molecule has 0 bridgehead atoms. The fourth-order valence-corrected chi connectivity index (χ4v) is 3.57. The van der Waals surface area contributed by atoms with Crippen molar-refractivity contribution in [2.75, 3.05) is 6.54 Å². The van der Waals surface area contributed by atoms with E-state index in [1.807, 2.05) is 23.6 Å². The van der Waals surface area contributed by atoms with E-state index in [0.717, 1.165) is 0 Å². The molecule has 118 valence electrons. The molecule has 6 heteroatoms. The van der Waals surface area contributed by atoms with E-state index in [0.29, 0.717) is 20.7 Å². The van der Waals surface area contributed by atoms with E-state index in [-0.39, 0.29) is 12.5 Å². The van der Waals surface area contributed by atoms with Crippen LogP contribution in [0.5, 0.6) is 0 Å². The Morgan fingerprint density at radius 3 is 2.70 bits per heavy atom. The van der Waals surface area contributed by atoms with E-state index in [1.165, 1.54) is 17.6 Å². The third kappa shape index (κ3) is 3.24. The van der Waals surface area contributed by atoms with Gasteiger partial charge in [0.1, 0.15) is 5.76 Å². The molecule has 0 radical (unpaired) electrons. The number of hydrogen-bond acceptors (Lipinski definition) is 4. The molecule has 2 heterocycles. The van der Waals surface area contributed by atoms with Crippen molar-refractivity contribution in [1.29, 1.82) is 0 Å². The summed E-state index contributed by atoms with van der Waals surface area (Å²) in [7, 11) is 0. The Kier molecular flexibility index (Phi) is 4.66. The Bertz CT molecular complexity index is 750. The van der Waals surface area contributed by atoms with Crippen molar-refractivity contribution in [3.05, 3.63) is 80.8 Å². The van der Waals surface area contributed by atoms with Crippen LogP contribution in [-0.2, 0) is 5.60 Å². The highest BCUT2D eigenvalue weighted by Gasteiger charge is 2.36. The number of carbonyl (C=O) groups is 1. The van der Waals surface area contributed by atoms with Crippen molar-refractivity contribution in [1.82, 2.24) is 5.32 Å². The molecule has 2 aromatic heterocycles. The number of halogens is 1. The molecule has 2 N–H and O–H groups in total. The van der Waals surface area contributed by atoms with E-state index in [2.05, 4.69) is 21.2 Å². The van der Waals surface area contributed by atoms with Crippen LogP contribution in [0, 0.1) is 0 Å². The summed E-state index contributed by atoms with van der Waals surface area (Å²) in [6.45, 7) is 0.0151. The maximum absolute atomic E-state index is 12.4. The minimum Gasteiger partial charge on any atom is -0.466 e. The van der Waals surface area contributed by atoms with E-state index >= 15 is 0 Å². The second kappa shape index (κ2) is 6.70. The molecule has 0 aliphatic carbocycles. The molecule has 1 amide bonds. The smallest absolute Gasteiger partial charge is 0.252 e. The van der Waals surface area contributed by atoms with Gasteiger partial charge in [-0.25, -0.2) is 0 Å². The van der Waals surface area contributed by atoms with E-state index < -0.39 is 5.60 Å². The van der Waals surface area contributed by atoms with Crippen LogP contribution >= 0.6 is 27.3 Å². The average Bonchev–Trinajstić information content (AvgIpc) is 3.25. The lowest BCUT2D eigenvalue weighted by molar-refractivity contribution is 0.0554. The van der Waals surface area contributed by atoms with Gasteiger partial charge in [-0.1, -0.05) is 18.2 Å². The van der Waals surface area contributed by atoms with Crippen molar-refractivity contribution >= 4 is 33.2 Å². The van der Waals surface area contributed by atoms with Gasteiger partial charge in [-0.3, -0.25) is 4.79 Å². The van der Waals surface area contributed by atoms with Gasteiger partial charge in [-0.2, -0.15) is 0 Å². The van der Waals surface area contributed by atoms with Crippen molar-refractivity contribution in [3.8, 4) is 0 Å². The summed E-state index contributed by atoms with van der Waals surface area (Å²) in [5.41, 5.74) is -0.880. The topological polar surface area (TPSA) is 62.5 Å². The molecular formula is C17H14BrNO3S. The highest BCUT2D eigenvalue weighted by Crippen LogP contribution is 2.32. The first-order chi connectivity index (χ1) is 11.1. The zero-order chi connectivity index (χ0) is 16.3. The molecular weight excluding hydrogens is 378 g/mol. The quantitative estimate of drug-likeness (QED) is 0.695. The standard InChI is InChI=1S/C17H14BrNO3S/c18-13-6-2-1-5-12(13)16(20)19-11-17(21,14-7-3-9-22-14)15-8-4-10-23-15/h1-10,21H,11H2,(H,19,20). The lowest BCUT2D eigenvalue weighted by Crippen LogP contribution is -2.41. The lowest BCUT2D eigenvalue weighted by atomic mass is 9.98.